The summed E-state index contributed by atoms with van der Waals surface area (Å²) in [4.78, 5) is 0. The maximum atomic E-state index is 13.7. The molecule has 5 nitrogen and oxygen atoms in total. The monoisotopic (exact) mass is 343 g/mol. The first-order valence-electron chi connectivity index (χ1n) is 6.58. The first-order valence-corrected chi connectivity index (χ1v) is 8.47. The molecule has 0 aromatic heterocycles. The van der Waals surface area contributed by atoms with Crippen molar-refractivity contribution in [3.63, 3.8) is 0 Å². The van der Waals surface area contributed by atoms with Crippen LogP contribution in [0.25, 0.3) is 0 Å². The molecule has 8 heteroatoms. The lowest BCUT2D eigenvalue weighted by molar-refractivity contribution is 0.199. The molecule has 124 valence electrons. The van der Waals surface area contributed by atoms with E-state index < -0.39 is 27.8 Å². The summed E-state index contributed by atoms with van der Waals surface area (Å²) in [6.45, 7) is 1.52. The summed E-state index contributed by atoms with van der Waals surface area (Å²) < 4.78 is 57.0. The molecular weight excluding hydrogens is 328 g/mol. The predicted octanol–water partition coefficient (Wildman–Crippen LogP) is 3.18. The standard InChI is InChI=1S/C15H15F2NO4S/c1-9(19)10-3-5-13(18-23(2,20)21)15(7-10)22-14-6-4-11(16)8-12(14)17/h3-9,18-19H,1-2H3/t9-/m1/s1. The second kappa shape index (κ2) is 6.51. The number of nitrogens with one attached hydrogen (secondary N) is 1. The number of halogens is 2. The fraction of sp³-hybridized carbons (Fsp3) is 0.200. The molecule has 0 spiro atoms. The van der Waals surface area contributed by atoms with Crippen LogP contribution >= 0.6 is 0 Å². The van der Waals surface area contributed by atoms with Gasteiger partial charge in [-0.25, -0.2) is 17.2 Å². The van der Waals surface area contributed by atoms with Gasteiger partial charge in [-0.2, -0.15) is 0 Å². The first kappa shape index (κ1) is 17.2. The molecule has 23 heavy (non-hydrogen) atoms. The van der Waals surface area contributed by atoms with E-state index in [1.165, 1.54) is 25.1 Å². The third kappa shape index (κ3) is 4.64. The highest BCUT2D eigenvalue weighted by Crippen LogP contribution is 2.34. The highest BCUT2D eigenvalue weighted by Gasteiger charge is 2.14. The number of anilines is 1. The number of rotatable bonds is 5. The Bertz CT molecular complexity index is 822. The third-order valence-corrected chi connectivity index (χ3v) is 3.49. The second-order valence-corrected chi connectivity index (χ2v) is 6.73. The van der Waals surface area contributed by atoms with Crippen molar-refractivity contribution < 1.29 is 27.0 Å². The van der Waals surface area contributed by atoms with E-state index in [0.717, 1.165) is 18.4 Å². The van der Waals surface area contributed by atoms with Gasteiger partial charge in [0.05, 0.1) is 18.0 Å². The molecule has 0 saturated carbocycles. The van der Waals surface area contributed by atoms with Crippen LogP contribution < -0.4 is 9.46 Å². The maximum absolute atomic E-state index is 13.7. The van der Waals surface area contributed by atoms with Gasteiger partial charge in [-0.3, -0.25) is 4.72 Å². The van der Waals surface area contributed by atoms with Crippen LogP contribution in [0.4, 0.5) is 14.5 Å². The quantitative estimate of drug-likeness (QED) is 0.874. The van der Waals surface area contributed by atoms with Gasteiger partial charge in [-0.05, 0) is 36.8 Å². The van der Waals surface area contributed by atoms with Crippen LogP contribution in [0, 0.1) is 11.6 Å². The van der Waals surface area contributed by atoms with Crippen molar-refractivity contribution in [1.82, 2.24) is 0 Å². The van der Waals surface area contributed by atoms with Crippen molar-refractivity contribution in [2.45, 2.75) is 13.0 Å². The topological polar surface area (TPSA) is 75.6 Å². The minimum atomic E-state index is -3.59. The van der Waals surface area contributed by atoms with E-state index in [-0.39, 0.29) is 17.2 Å². The summed E-state index contributed by atoms with van der Waals surface area (Å²) in [6.07, 6.45) is 0.125. The summed E-state index contributed by atoms with van der Waals surface area (Å²) in [7, 11) is -3.59. The number of sulfonamides is 1. The second-order valence-electron chi connectivity index (χ2n) is 4.98. The third-order valence-electron chi connectivity index (χ3n) is 2.90. The molecule has 2 N–H and O–H groups in total. The molecule has 0 radical (unpaired) electrons. The Balaban J connectivity index is 2.46. The smallest absolute Gasteiger partial charge is 0.229 e. The average molecular weight is 343 g/mol. The minimum absolute atomic E-state index is 0.0145. The number of benzene rings is 2. The fourth-order valence-corrected chi connectivity index (χ4v) is 2.41. The molecule has 0 aliphatic carbocycles. The zero-order valence-corrected chi connectivity index (χ0v) is 13.2. The van der Waals surface area contributed by atoms with Crippen molar-refractivity contribution in [3.8, 4) is 11.5 Å². The van der Waals surface area contributed by atoms with E-state index in [0.29, 0.717) is 11.6 Å². The molecule has 0 bridgehead atoms. The van der Waals surface area contributed by atoms with E-state index in [4.69, 9.17) is 4.74 Å². The lowest BCUT2D eigenvalue weighted by Gasteiger charge is -2.15. The lowest BCUT2D eigenvalue weighted by Crippen LogP contribution is -2.10. The van der Waals surface area contributed by atoms with Gasteiger partial charge < -0.3 is 9.84 Å². The van der Waals surface area contributed by atoms with Crippen molar-refractivity contribution >= 4 is 15.7 Å². The summed E-state index contributed by atoms with van der Waals surface area (Å²) in [5, 5.41) is 9.61. The van der Waals surface area contributed by atoms with E-state index in [9.17, 15) is 22.3 Å². The van der Waals surface area contributed by atoms with Crippen molar-refractivity contribution in [1.29, 1.82) is 0 Å². The molecule has 0 unspecified atom stereocenters. The van der Waals surface area contributed by atoms with E-state index in [1.807, 2.05) is 0 Å². The molecule has 0 fully saturated rings. The van der Waals surface area contributed by atoms with Crippen molar-refractivity contribution in [2.24, 2.45) is 0 Å². The molecule has 2 aromatic rings. The van der Waals surface area contributed by atoms with Crippen LogP contribution in [0.1, 0.15) is 18.6 Å². The van der Waals surface area contributed by atoms with Gasteiger partial charge in [0.15, 0.2) is 17.3 Å². The van der Waals surface area contributed by atoms with Gasteiger partial charge in [0.25, 0.3) is 0 Å². The summed E-state index contributed by atoms with van der Waals surface area (Å²) in [5.74, 6) is -1.98. The van der Waals surface area contributed by atoms with Crippen molar-refractivity contribution in [2.75, 3.05) is 11.0 Å². The largest absolute Gasteiger partial charge is 0.452 e. The van der Waals surface area contributed by atoms with E-state index in [2.05, 4.69) is 4.72 Å². The number of aliphatic hydroxyl groups excluding tert-OH is 1. The minimum Gasteiger partial charge on any atom is -0.452 e. The van der Waals surface area contributed by atoms with Gasteiger partial charge in [-0.15, -0.1) is 0 Å². The highest BCUT2D eigenvalue weighted by molar-refractivity contribution is 7.92. The fourth-order valence-electron chi connectivity index (χ4n) is 1.84. The molecule has 1 atom stereocenters. The SMILES string of the molecule is C[C@@H](O)c1ccc(NS(C)(=O)=O)c(Oc2ccc(F)cc2F)c1. The number of ether oxygens (including phenoxy) is 1. The molecule has 0 amide bonds. The van der Waals surface area contributed by atoms with E-state index in [1.54, 1.807) is 0 Å². The Morgan fingerprint density at radius 3 is 2.39 bits per heavy atom. The first-order chi connectivity index (χ1) is 10.7. The van der Waals surface area contributed by atoms with Crippen LogP contribution in [0.15, 0.2) is 36.4 Å². The van der Waals surface area contributed by atoms with Crippen LogP contribution in [0.2, 0.25) is 0 Å². The maximum Gasteiger partial charge on any atom is 0.229 e. The number of hydrogen-bond donors (Lipinski definition) is 2. The van der Waals surface area contributed by atoms with Crippen LogP contribution in [0.3, 0.4) is 0 Å². The molecular formula is C15H15F2NO4S. The van der Waals surface area contributed by atoms with Crippen LogP contribution in [-0.4, -0.2) is 19.8 Å². The lowest BCUT2D eigenvalue weighted by atomic mass is 10.1. The summed E-state index contributed by atoms with van der Waals surface area (Å²) in [5.41, 5.74) is 0.516. The van der Waals surface area contributed by atoms with Gasteiger partial charge in [0.1, 0.15) is 5.82 Å². The molecule has 2 aromatic carbocycles. The Hall–Kier alpha value is -2.19. The zero-order valence-electron chi connectivity index (χ0n) is 12.4. The normalized spacial score (nSPS) is 12.7. The van der Waals surface area contributed by atoms with Gasteiger partial charge >= 0.3 is 0 Å². The zero-order chi connectivity index (χ0) is 17.2. The van der Waals surface area contributed by atoms with Crippen LogP contribution in [-0.2, 0) is 10.0 Å². The molecule has 0 aliphatic heterocycles. The summed E-state index contributed by atoms with van der Waals surface area (Å²) >= 11 is 0. The molecule has 0 saturated heterocycles. The average Bonchev–Trinajstić information content (AvgIpc) is 2.41. The van der Waals surface area contributed by atoms with Gasteiger partial charge in [-0.1, -0.05) is 6.07 Å². The molecule has 0 heterocycles. The van der Waals surface area contributed by atoms with Gasteiger partial charge in [0.2, 0.25) is 10.0 Å². The van der Waals surface area contributed by atoms with Crippen molar-refractivity contribution in [3.05, 3.63) is 53.6 Å². The number of aliphatic hydroxyl groups is 1. The Labute approximate surface area is 132 Å². The van der Waals surface area contributed by atoms with E-state index >= 15 is 0 Å². The number of hydrogen-bond acceptors (Lipinski definition) is 4. The van der Waals surface area contributed by atoms with Gasteiger partial charge in [0, 0.05) is 6.07 Å². The predicted molar refractivity (Wildman–Crippen MR) is 82.0 cm³/mol. The molecule has 0 aliphatic rings. The Kier molecular flexibility index (Phi) is 4.86. The Morgan fingerprint density at radius 2 is 1.83 bits per heavy atom. The molecule has 2 rings (SSSR count). The summed E-state index contributed by atoms with van der Waals surface area (Å²) in [6, 6.07) is 7.02. The highest BCUT2D eigenvalue weighted by atomic mass is 32.2. The van der Waals surface area contributed by atoms with Crippen LogP contribution in [0.5, 0.6) is 11.5 Å². The Morgan fingerprint density at radius 1 is 1.13 bits per heavy atom.